The number of hydrogen-bond donors (Lipinski definition) is 1. The second-order valence-corrected chi connectivity index (χ2v) is 9.65. The minimum Gasteiger partial charge on any atom is -0.332 e. The summed E-state index contributed by atoms with van der Waals surface area (Å²) in [7, 11) is -3.38. The van der Waals surface area contributed by atoms with Gasteiger partial charge in [-0.2, -0.15) is 4.31 Å². The first-order chi connectivity index (χ1) is 11.5. The smallest absolute Gasteiger partial charge is 0.252 e. The van der Waals surface area contributed by atoms with Crippen molar-refractivity contribution in [3.8, 4) is 0 Å². The van der Waals surface area contributed by atoms with E-state index in [2.05, 4.69) is 6.92 Å². The summed E-state index contributed by atoms with van der Waals surface area (Å²) in [6, 6.07) is 3.40. The SMILES string of the molecule is CC[NH+]1CCN(C(=O)C2CCN(S(=O)(=O)c3cccs3)CC2)CC1. The van der Waals surface area contributed by atoms with Gasteiger partial charge in [-0.25, -0.2) is 8.42 Å². The predicted octanol–water partition coefficient (Wildman–Crippen LogP) is -0.104. The highest BCUT2D eigenvalue weighted by Crippen LogP contribution is 2.27. The van der Waals surface area contributed by atoms with Crippen molar-refractivity contribution in [2.45, 2.75) is 24.0 Å². The lowest BCUT2D eigenvalue weighted by atomic mass is 9.96. The highest BCUT2D eigenvalue weighted by Gasteiger charge is 2.35. The van der Waals surface area contributed by atoms with E-state index in [0.717, 1.165) is 32.7 Å². The van der Waals surface area contributed by atoms with Gasteiger partial charge in [-0.3, -0.25) is 4.79 Å². The maximum absolute atomic E-state index is 12.7. The van der Waals surface area contributed by atoms with E-state index in [1.165, 1.54) is 15.6 Å². The fraction of sp³-hybridized carbons (Fsp3) is 0.688. The van der Waals surface area contributed by atoms with E-state index < -0.39 is 10.0 Å². The largest absolute Gasteiger partial charge is 0.332 e. The van der Waals surface area contributed by atoms with E-state index in [0.29, 0.717) is 30.1 Å². The van der Waals surface area contributed by atoms with Gasteiger partial charge < -0.3 is 9.80 Å². The van der Waals surface area contributed by atoms with E-state index in [-0.39, 0.29) is 11.8 Å². The lowest BCUT2D eigenvalue weighted by molar-refractivity contribution is -0.902. The molecule has 6 nitrogen and oxygen atoms in total. The van der Waals surface area contributed by atoms with Gasteiger partial charge in [0.25, 0.3) is 10.0 Å². The van der Waals surface area contributed by atoms with Crippen molar-refractivity contribution < 1.29 is 18.1 Å². The van der Waals surface area contributed by atoms with E-state index in [1.54, 1.807) is 22.4 Å². The van der Waals surface area contributed by atoms with Crippen molar-refractivity contribution in [1.29, 1.82) is 0 Å². The van der Waals surface area contributed by atoms with Crippen LogP contribution in [0.3, 0.4) is 0 Å². The number of sulfonamides is 1. The number of rotatable bonds is 4. The zero-order valence-corrected chi connectivity index (χ0v) is 15.7. The van der Waals surface area contributed by atoms with Gasteiger partial charge in [0.1, 0.15) is 4.21 Å². The van der Waals surface area contributed by atoms with Crippen LogP contribution in [0, 0.1) is 5.92 Å². The molecule has 2 aliphatic heterocycles. The molecular weight excluding hydrogens is 346 g/mol. The van der Waals surface area contributed by atoms with Crippen LogP contribution in [-0.2, 0) is 14.8 Å². The van der Waals surface area contributed by atoms with Gasteiger partial charge in [-0.1, -0.05) is 6.07 Å². The van der Waals surface area contributed by atoms with Crippen LogP contribution in [0.25, 0.3) is 0 Å². The molecule has 0 spiro atoms. The first kappa shape index (κ1) is 17.8. The van der Waals surface area contributed by atoms with Crippen LogP contribution in [0.2, 0.25) is 0 Å². The molecule has 0 unspecified atom stereocenters. The molecule has 2 aliphatic rings. The van der Waals surface area contributed by atoms with E-state index in [1.807, 2.05) is 4.90 Å². The molecule has 0 radical (unpaired) electrons. The van der Waals surface area contributed by atoms with Gasteiger partial charge in [0.2, 0.25) is 5.91 Å². The Kier molecular flexibility index (Phi) is 5.59. The van der Waals surface area contributed by atoms with Crippen molar-refractivity contribution in [1.82, 2.24) is 9.21 Å². The monoisotopic (exact) mass is 372 g/mol. The highest BCUT2D eigenvalue weighted by atomic mass is 32.2. The fourth-order valence-corrected chi connectivity index (χ4v) is 6.15. The molecule has 0 aliphatic carbocycles. The zero-order chi connectivity index (χ0) is 17.2. The molecule has 0 bridgehead atoms. The Morgan fingerprint density at radius 3 is 2.46 bits per heavy atom. The summed E-state index contributed by atoms with van der Waals surface area (Å²) in [6.45, 7) is 7.87. The summed E-state index contributed by atoms with van der Waals surface area (Å²) < 4.78 is 27.0. The molecule has 1 N–H and O–H groups in total. The number of likely N-dealkylation sites (N-methyl/N-ethyl adjacent to an activating group) is 1. The van der Waals surface area contributed by atoms with Crippen LogP contribution in [0.1, 0.15) is 19.8 Å². The summed E-state index contributed by atoms with van der Waals surface area (Å²) in [5.74, 6) is 0.196. The highest BCUT2D eigenvalue weighted by molar-refractivity contribution is 7.91. The molecule has 3 rings (SSSR count). The Morgan fingerprint density at radius 1 is 1.25 bits per heavy atom. The molecule has 2 saturated heterocycles. The third-order valence-electron chi connectivity index (χ3n) is 5.17. The molecule has 0 atom stereocenters. The lowest BCUT2D eigenvalue weighted by Crippen LogP contribution is -3.14. The molecular formula is C16H26N3O3S2+. The quantitative estimate of drug-likeness (QED) is 0.803. The fourth-order valence-electron chi connectivity index (χ4n) is 3.54. The second kappa shape index (κ2) is 7.51. The number of hydrogen-bond acceptors (Lipinski definition) is 4. The minimum atomic E-state index is -3.38. The number of nitrogens with one attached hydrogen (secondary N) is 1. The predicted molar refractivity (Wildman–Crippen MR) is 93.6 cm³/mol. The van der Waals surface area contributed by atoms with Gasteiger partial charge in [0.15, 0.2) is 0 Å². The third-order valence-corrected chi connectivity index (χ3v) is 8.45. The number of amides is 1. The number of thiophene rings is 1. The third kappa shape index (κ3) is 3.66. The Balaban J connectivity index is 1.55. The first-order valence-electron chi connectivity index (χ1n) is 8.68. The first-order valence-corrected chi connectivity index (χ1v) is 11.0. The zero-order valence-electron chi connectivity index (χ0n) is 14.1. The van der Waals surface area contributed by atoms with Gasteiger partial charge >= 0.3 is 0 Å². The Morgan fingerprint density at radius 2 is 1.92 bits per heavy atom. The number of piperidine rings is 1. The van der Waals surface area contributed by atoms with Crippen molar-refractivity contribution in [3.05, 3.63) is 17.5 Å². The van der Waals surface area contributed by atoms with Gasteiger partial charge in [0, 0.05) is 19.0 Å². The Hall–Kier alpha value is -0.960. The van der Waals surface area contributed by atoms with Crippen LogP contribution >= 0.6 is 11.3 Å². The lowest BCUT2D eigenvalue weighted by Gasteiger charge is -2.36. The van der Waals surface area contributed by atoms with Gasteiger partial charge in [-0.15, -0.1) is 11.3 Å². The summed E-state index contributed by atoms with van der Waals surface area (Å²) >= 11 is 1.25. The van der Waals surface area contributed by atoms with Gasteiger partial charge in [-0.05, 0) is 31.2 Å². The van der Waals surface area contributed by atoms with Crippen molar-refractivity contribution in [3.63, 3.8) is 0 Å². The number of quaternary nitrogens is 1. The minimum absolute atomic E-state index is 0.0250. The topological polar surface area (TPSA) is 62.1 Å². The number of carbonyl (C=O) groups is 1. The summed E-state index contributed by atoms with van der Waals surface area (Å²) in [5, 5.41) is 1.78. The molecule has 24 heavy (non-hydrogen) atoms. The average molecular weight is 373 g/mol. The molecule has 1 amide bonds. The van der Waals surface area contributed by atoms with Crippen molar-refractivity contribution in [2.24, 2.45) is 5.92 Å². The Labute approximate surface area is 148 Å². The molecule has 1 aromatic heterocycles. The molecule has 3 heterocycles. The van der Waals surface area contributed by atoms with Crippen LogP contribution in [0.15, 0.2) is 21.7 Å². The molecule has 0 saturated carbocycles. The van der Waals surface area contributed by atoms with Crippen molar-refractivity contribution in [2.75, 3.05) is 45.8 Å². The molecule has 8 heteroatoms. The summed E-state index contributed by atoms with van der Waals surface area (Å²) in [6.07, 6.45) is 1.26. The molecule has 2 fully saturated rings. The molecule has 0 aromatic carbocycles. The van der Waals surface area contributed by atoms with Crippen LogP contribution in [0.5, 0.6) is 0 Å². The number of nitrogens with zero attached hydrogens (tertiary/aromatic N) is 2. The summed E-state index contributed by atoms with van der Waals surface area (Å²) in [4.78, 5) is 16.2. The van der Waals surface area contributed by atoms with E-state index in [4.69, 9.17) is 0 Å². The normalized spacial score (nSPS) is 22.0. The van der Waals surface area contributed by atoms with Gasteiger partial charge in [0.05, 0.1) is 32.7 Å². The maximum Gasteiger partial charge on any atom is 0.252 e. The van der Waals surface area contributed by atoms with E-state index >= 15 is 0 Å². The maximum atomic E-state index is 12.7. The Bertz CT molecular complexity index is 644. The standard InChI is InChI=1S/C16H25N3O3S2/c1-2-17-9-11-18(12-10-17)16(20)14-5-7-19(8-6-14)24(21,22)15-4-3-13-23-15/h3-4,13-14H,2,5-12H2,1H3/p+1. The van der Waals surface area contributed by atoms with Crippen LogP contribution < -0.4 is 4.90 Å². The van der Waals surface area contributed by atoms with Crippen molar-refractivity contribution >= 4 is 27.3 Å². The number of piperazine rings is 1. The average Bonchev–Trinajstić information content (AvgIpc) is 3.17. The number of carbonyl (C=O) groups excluding carboxylic acids is 1. The second-order valence-electron chi connectivity index (χ2n) is 6.54. The van der Waals surface area contributed by atoms with Crippen LogP contribution in [-0.4, -0.2) is 69.3 Å². The molecule has 1 aromatic rings. The van der Waals surface area contributed by atoms with E-state index in [9.17, 15) is 13.2 Å². The van der Waals surface area contributed by atoms with Crippen LogP contribution in [0.4, 0.5) is 0 Å². The molecule has 134 valence electrons. The summed E-state index contributed by atoms with van der Waals surface area (Å²) in [5.41, 5.74) is 0.